The Hall–Kier alpha value is -2.53. The summed E-state index contributed by atoms with van der Waals surface area (Å²) in [5, 5.41) is 21.1. The van der Waals surface area contributed by atoms with E-state index in [-0.39, 0.29) is 17.4 Å². The number of nitrogens with two attached hydrogens (primary N) is 1. The highest BCUT2D eigenvalue weighted by Crippen LogP contribution is 2.15. The number of rotatable bonds is 4. The Bertz CT molecular complexity index is 579. The van der Waals surface area contributed by atoms with Crippen LogP contribution in [0, 0.1) is 0 Å². The molecule has 0 unspecified atom stereocenters. The molecular weight excluding hydrogens is 256 g/mol. The lowest BCUT2D eigenvalue weighted by Crippen LogP contribution is -2.33. The third-order valence-electron chi connectivity index (χ3n) is 2.94. The van der Waals surface area contributed by atoms with Crippen LogP contribution in [0.3, 0.4) is 0 Å². The van der Waals surface area contributed by atoms with Gasteiger partial charge >= 0.3 is 0 Å². The summed E-state index contributed by atoms with van der Waals surface area (Å²) in [7, 11) is 0. The highest BCUT2D eigenvalue weighted by molar-refractivity contribution is 5.82. The average Bonchev–Trinajstić information content (AvgIpc) is 2.46. The summed E-state index contributed by atoms with van der Waals surface area (Å²) in [6.07, 6.45) is 0. The standard InChI is InChI=1S/C15H16N2O3/c16-14(11-3-7-13(19)8-4-11)15(20)17-9-10-1-5-12(18)6-2-10/h1-8,14,18-19H,9,16H2,(H,17,20)/t14-/m0/s1. The van der Waals surface area contributed by atoms with Gasteiger partial charge in [-0.3, -0.25) is 4.79 Å². The number of benzene rings is 2. The molecule has 0 bridgehead atoms. The Morgan fingerprint density at radius 3 is 2.05 bits per heavy atom. The minimum Gasteiger partial charge on any atom is -0.508 e. The number of carbonyl (C=O) groups excluding carboxylic acids is 1. The van der Waals surface area contributed by atoms with Crippen molar-refractivity contribution < 1.29 is 15.0 Å². The first kappa shape index (κ1) is 13.9. The highest BCUT2D eigenvalue weighted by Gasteiger charge is 2.15. The molecule has 104 valence electrons. The van der Waals surface area contributed by atoms with E-state index >= 15 is 0 Å². The van der Waals surface area contributed by atoms with Gasteiger partial charge in [-0.2, -0.15) is 0 Å². The molecule has 5 nitrogen and oxygen atoms in total. The van der Waals surface area contributed by atoms with E-state index in [2.05, 4.69) is 5.32 Å². The van der Waals surface area contributed by atoms with Crippen molar-refractivity contribution in [3.63, 3.8) is 0 Å². The zero-order valence-corrected chi connectivity index (χ0v) is 10.8. The molecule has 0 aliphatic rings. The van der Waals surface area contributed by atoms with Crippen LogP contribution >= 0.6 is 0 Å². The number of nitrogens with one attached hydrogen (secondary N) is 1. The van der Waals surface area contributed by atoms with Gasteiger partial charge < -0.3 is 21.3 Å². The molecule has 2 aromatic rings. The minimum absolute atomic E-state index is 0.130. The van der Waals surface area contributed by atoms with Crippen molar-refractivity contribution in [2.45, 2.75) is 12.6 Å². The number of amides is 1. The highest BCUT2D eigenvalue weighted by atomic mass is 16.3. The minimum atomic E-state index is -0.785. The molecule has 20 heavy (non-hydrogen) atoms. The fourth-order valence-corrected chi connectivity index (χ4v) is 1.75. The number of phenols is 2. The van der Waals surface area contributed by atoms with Crippen LogP contribution < -0.4 is 11.1 Å². The monoisotopic (exact) mass is 272 g/mol. The van der Waals surface area contributed by atoms with Gasteiger partial charge in [0.2, 0.25) is 5.91 Å². The molecule has 0 aliphatic carbocycles. The maximum absolute atomic E-state index is 11.9. The summed E-state index contributed by atoms with van der Waals surface area (Å²) in [4.78, 5) is 11.9. The Kier molecular flexibility index (Phi) is 4.22. The Balaban J connectivity index is 1.94. The predicted molar refractivity (Wildman–Crippen MR) is 75.0 cm³/mol. The lowest BCUT2D eigenvalue weighted by Gasteiger charge is -2.12. The fraction of sp³-hybridized carbons (Fsp3) is 0.133. The van der Waals surface area contributed by atoms with E-state index in [1.54, 1.807) is 36.4 Å². The van der Waals surface area contributed by atoms with Gasteiger partial charge in [-0.15, -0.1) is 0 Å². The second-order valence-electron chi connectivity index (χ2n) is 4.45. The van der Waals surface area contributed by atoms with Gasteiger partial charge in [-0.25, -0.2) is 0 Å². The molecule has 0 heterocycles. The summed E-state index contributed by atoms with van der Waals surface area (Å²) in [5.74, 6) is 0.00934. The van der Waals surface area contributed by atoms with E-state index in [0.717, 1.165) is 5.56 Å². The van der Waals surface area contributed by atoms with E-state index in [9.17, 15) is 9.90 Å². The normalized spacial score (nSPS) is 11.8. The molecule has 1 amide bonds. The molecule has 5 N–H and O–H groups in total. The molecule has 0 radical (unpaired) electrons. The summed E-state index contributed by atoms with van der Waals surface area (Å²) < 4.78 is 0. The van der Waals surface area contributed by atoms with E-state index in [4.69, 9.17) is 10.8 Å². The maximum atomic E-state index is 11.9. The molecule has 0 saturated heterocycles. The van der Waals surface area contributed by atoms with Crippen LogP contribution in [0.25, 0.3) is 0 Å². The third-order valence-corrected chi connectivity index (χ3v) is 2.94. The molecule has 0 fully saturated rings. The molecule has 1 atom stereocenters. The molecule has 0 spiro atoms. The Morgan fingerprint density at radius 1 is 1.00 bits per heavy atom. The summed E-state index contributed by atoms with van der Waals surface area (Å²) in [5.41, 5.74) is 7.34. The van der Waals surface area contributed by atoms with Gasteiger partial charge in [0.15, 0.2) is 0 Å². The third kappa shape index (κ3) is 3.49. The van der Waals surface area contributed by atoms with Crippen LogP contribution in [0.5, 0.6) is 11.5 Å². The number of phenolic OH excluding ortho intramolecular Hbond substituents is 2. The van der Waals surface area contributed by atoms with E-state index in [1.165, 1.54) is 12.1 Å². The number of aromatic hydroxyl groups is 2. The second kappa shape index (κ2) is 6.08. The molecule has 2 rings (SSSR count). The van der Waals surface area contributed by atoms with Gasteiger partial charge in [0.05, 0.1) is 0 Å². The van der Waals surface area contributed by atoms with Gasteiger partial charge in [0.25, 0.3) is 0 Å². The van der Waals surface area contributed by atoms with Crippen LogP contribution in [0.4, 0.5) is 0 Å². The summed E-state index contributed by atoms with van der Waals surface area (Å²) >= 11 is 0. The van der Waals surface area contributed by atoms with Gasteiger partial charge in [-0.1, -0.05) is 24.3 Å². The predicted octanol–water partition coefficient (Wildman–Crippen LogP) is 1.41. The quantitative estimate of drug-likeness (QED) is 0.676. The lowest BCUT2D eigenvalue weighted by atomic mass is 10.1. The number of carbonyl (C=O) groups is 1. The topological polar surface area (TPSA) is 95.6 Å². The molecule has 2 aromatic carbocycles. The van der Waals surface area contributed by atoms with Gasteiger partial charge in [0.1, 0.15) is 17.5 Å². The Labute approximate surface area is 116 Å². The molecule has 0 aliphatic heterocycles. The maximum Gasteiger partial charge on any atom is 0.241 e. The van der Waals surface area contributed by atoms with Crippen LogP contribution in [0.15, 0.2) is 48.5 Å². The molecular formula is C15H16N2O3. The van der Waals surface area contributed by atoms with Crippen molar-refractivity contribution in [2.24, 2.45) is 5.73 Å². The van der Waals surface area contributed by atoms with Crippen LogP contribution in [0.2, 0.25) is 0 Å². The zero-order chi connectivity index (χ0) is 14.5. The first-order valence-corrected chi connectivity index (χ1v) is 6.16. The fourth-order valence-electron chi connectivity index (χ4n) is 1.75. The molecule has 0 saturated carbocycles. The van der Waals surface area contributed by atoms with E-state index in [1.807, 2.05) is 0 Å². The smallest absolute Gasteiger partial charge is 0.241 e. The van der Waals surface area contributed by atoms with Crippen molar-refractivity contribution >= 4 is 5.91 Å². The van der Waals surface area contributed by atoms with Crippen molar-refractivity contribution in [1.29, 1.82) is 0 Å². The van der Waals surface area contributed by atoms with Gasteiger partial charge in [0, 0.05) is 6.54 Å². The first-order valence-electron chi connectivity index (χ1n) is 6.16. The lowest BCUT2D eigenvalue weighted by molar-refractivity contribution is -0.122. The molecule has 0 aromatic heterocycles. The van der Waals surface area contributed by atoms with Crippen molar-refractivity contribution in [3.8, 4) is 11.5 Å². The average molecular weight is 272 g/mol. The largest absolute Gasteiger partial charge is 0.508 e. The summed E-state index contributed by atoms with van der Waals surface area (Å²) in [6, 6.07) is 12.0. The van der Waals surface area contributed by atoms with Crippen LogP contribution in [0.1, 0.15) is 17.2 Å². The first-order chi connectivity index (χ1) is 9.56. The Morgan fingerprint density at radius 2 is 1.50 bits per heavy atom. The zero-order valence-electron chi connectivity index (χ0n) is 10.8. The number of hydrogen-bond donors (Lipinski definition) is 4. The second-order valence-corrected chi connectivity index (χ2v) is 4.45. The van der Waals surface area contributed by atoms with E-state index < -0.39 is 6.04 Å². The van der Waals surface area contributed by atoms with Crippen LogP contribution in [-0.4, -0.2) is 16.1 Å². The molecule has 5 heteroatoms. The number of hydrogen-bond acceptors (Lipinski definition) is 4. The van der Waals surface area contributed by atoms with Crippen molar-refractivity contribution in [2.75, 3.05) is 0 Å². The van der Waals surface area contributed by atoms with E-state index in [0.29, 0.717) is 12.1 Å². The van der Waals surface area contributed by atoms with Crippen LogP contribution in [-0.2, 0) is 11.3 Å². The van der Waals surface area contributed by atoms with Gasteiger partial charge in [-0.05, 0) is 35.4 Å². The van der Waals surface area contributed by atoms with Crippen molar-refractivity contribution in [1.82, 2.24) is 5.32 Å². The summed E-state index contributed by atoms with van der Waals surface area (Å²) in [6.45, 7) is 0.338. The SMILES string of the molecule is N[C@H](C(=O)NCc1ccc(O)cc1)c1ccc(O)cc1. The van der Waals surface area contributed by atoms with Crippen molar-refractivity contribution in [3.05, 3.63) is 59.7 Å².